The number of hydrogen-bond acceptors (Lipinski definition) is 1. The molecule has 1 aliphatic heterocycles. The Morgan fingerprint density at radius 1 is 1.07 bits per heavy atom. The molecule has 1 nitrogen and oxygen atoms in total. The van der Waals surface area contributed by atoms with Crippen LogP contribution < -0.4 is 4.43 Å². The zero-order valence-corrected chi connectivity index (χ0v) is 11.1. The Bertz CT molecular complexity index is 331. The molecule has 80 valence electrons. The molecule has 1 fully saturated rings. The number of benzene rings is 1. The van der Waals surface area contributed by atoms with Gasteiger partial charge in [-0.2, -0.15) is 0 Å². The standard InChI is InChI=1S/C9H11.C4H8O.Al/c1-7-4-8(2)6-9(3)5-7;1-2-3-4-5;/h4-5H,1-3H3;1-4H2;/q;-1;+1. The first-order valence-electron chi connectivity index (χ1n) is 5.88. The monoisotopic (exact) mass is 218 g/mol. The summed E-state index contributed by atoms with van der Waals surface area (Å²) in [5.74, 6) is 0. The lowest BCUT2D eigenvalue weighted by Gasteiger charge is -2.22. The van der Waals surface area contributed by atoms with Gasteiger partial charge in [-0.05, 0) is 27.2 Å². The van der Waals surface area contributed by atoms with Crippen molar-refractivity contribution in [2.24, 2.45) is 0 Å². The van der Waals surface area contributed by atoms with E-state index in [-0.39, 0.29) is 0 Å². The lowest BCUT2D eigenvalue weighted by atomic mass is 10.1. The minimum atomic E-state index is -1.08. The van der Waals surface area contributed by atoms with E-state index in [1.807, 2.05) is 0 Å². The van der Waals surface area contributed by atoms with Crippen LogP contribution in [0.15, 0.2) is 12.1 Å². The summed E-state index contributed by atoms with van der Waals surface area (Å²) in [6.45, 7) is 7.64. The highest BCUT2D eigenvalue weighted by Crippen LogP contribution is 2.15. The van der Waals surface area contributed by atoms with Crippen molar-refractivity contribution in [1.29, 1.82) is 0 Å². The van der Waals surface area contributed by atoms with Gasteiger partial charge < -0.3 is 3.79 Å². The molecule has 2 heteroatoms. The molecule has 0 saturated carbocycles. The van der Waals surface area contributed by atoms with Gasteiger partial charge >= 0.3 is 14.5 Å². The van der Waals surface area contributed by atoms with Gasteiger partial charge in [0.2, 0.25) is 0 Å². The Morgan fingerprint density at radius 2 is 1.73 bits per heavy atom. The molecule has 0 N–H and O–H groups in total. The molecule has 0 bridgehead atoms. The zero-order valence-electron chi connectivity index (χ0n) is 9.97. The normalized spacial score (nSPS) is 16.9. The predicted molar refractivity (Wildman–Crippen MR) is 66.0 cm³/mol. The van der Waals surface area contributed by atoms with Crippen LogP contribution in [0.25, 0.3) is 0 Å². The highest BCUT2D eigenvalue weighted by atomic mass is 27.2. The first-order chi connectivity index (χ1) is 7.18. The first kappa shape index (κ1) is 11.2. The van der Waals surface area contributed by atoms with Gasteiger partial charge in [-0.15, -0.1) is 0 Å². The topological polar surface area (TPSA) is 9.23 Å². The van der Waals surface area contributed by atoms with Crippen LogP contribution in [0.2, 0.25) is 5.28 Å². The minimum Gasteiger partial charge on any atom is -0.497 e. The van der Waals surface area contributed by atoms with Crippen LogP contribution in [0, 0.1) is 20.8 Å². The van der Waals surface area contributed by atoms with Crippen LogP contribution >= 0.6 is 0 Å². The molecule has 1 aliphatic rings. The van der Waals surface area contributed by atoms with E-state index in [1.54, 1.807) is 4.43 Å². The van der Waals surface area contributed by atoms with E-state index in [0.29, 0.717) is 0 Å². The number of rotatable bonds is 1. The summed E-state index contributed by atoms with van der Waals surface area (Å²) in [5.41, 5.74) is 4.27. The molecule has 1 saturated heterocycles. The molecular formula is C13H19AlO. The highest BCUT2D eigenvalue weighted by molar-refractivity contribution is 6.68. The summed E-state index contributed by atoms with van der Waals surface area (Å²) in [7, 11) is 0. The van der Waals surface area contributed by atoms with E-state index in [4.69, 9.17) is 3.79 Å². The smallest absolute Gasteiger partial charge is 0.497 e. The van der Waals surface area contributed by atoms with Crippen LogP contribution in [0.1, 0.15) is 29.5 Å². The lowest BCUT2D eigenvalue weighted by molar-refractivity contribution is 0.294. The molecule has 0 unspecified atom stereocenters. The van der Waals surface area contributed by atoms with Crippen LogP contribution in [-0.2, 0) is 3.79 Å². The molecule has 15 heavy (non-hydrogen) atoms. The fourth-order valence-corrected chi connectivity index (χ4v) is 5.58. The van der Waals surface area contributed by atoms with Crippen molar-refractivity contribution in [2.45, 2.75) is 38.9 Å². The molecule has 0 spiro atoms. The molecule has 2 rings (SSSR count). The molecule has 1 aromatic carbocycles. The molecule has 1 heterocycles. The Morgan fingerprint density at radius 3 is 2.27 bits per heavy atom. The van der Waals surface area contributed by atoms with Crippen molar-refractivity contribution in [3.05, 3.63) is 28.8 Å². The van der Waals surface area contributed by atoms with Gasteiger partial charge in [0.25, 0.3) is 0 Å². The predicted octanol–water partition coefficient (Wildman–Crippen LogP) is 2.62. The maximum Gasteiger partial charge on any atom is 0.502 e. The zero-order chi connectivity index (χ0) is 10.8. The Labute approximate surface area is 97.2 Å². The van der Waals surface area contributed by atoms with Crippen molar-refractivity contribution in [1.82, 2.24) is 0 Å². The van der Waals surface area contributed by atoms with Crippen molar-refractivity contribution in [2.75, 3.05) is 6.61 Å². The second-order valence-electron chi connectivity index (χ2n) is 4.67. The third-order valence-electron chi connectivity index (χ3n) is 3.24. The van der Waals surface area contributed by atoms with Gasteiger partial charge in [0.15, 0.2) is 0 Å². The van der Waals surface area contributed by atoms with Crippen molar-refractivity contribution >= 4 is 18.9 Å². The van der Waals surface area contributed by atoms with Gasteiger partial charge in [0.1, 0.15) is 0 Å². The largest absolute Gasteiger partial charge is 0.502 e. The Balaban J connectivity index is 2.33. The van der Waals surface area contributed by atoms with Gasteiger partial charge in [-0.1, -0.05) is 45.0 Å². The van der Waals surface area contributed by atoms with Gasteiger partial charge in [-0.3, -0.25) is 0 Å². The van der Waals surface area contributed by atoms with Crippen LogP contribution in [-0.4, -0.2) is 21.1 Å². The fourth-order valence-electron chi connectivity index (χ4n) is 2.67. The second-order valence-corrected chi connectivity index (χ2v) is 7.13. The third-order valence-corrected chi connectivity index (χ3v) is 6.37. The van der Waals surface area contributed by atoms with E-state index >= 15 is 0 Å². The Kier molecular flexibility index (Phi) is 3.51. The highest BCUT2D eigenvalue weighted by Gasteiger charge is 2.28. The van der Waals surface area contributed by atoms with Crippen molar-refractivity contribution in [3.8, 4) is 0 Å². The van der Waals surface area contributed by atoms with Crippen LogP contribution in [0.4, 0.5) is 0 Å². The summed E-state index contributed by atoms with van der Waals surface area (Å²) in [6, 6.07) is 4.60. The maximum absolute atomic E-state index is 6.00. The van der Waals surface area contributed by atoms with E-state index in [2.05, 4.69) is 32.9 Å². The van der Waals surface area contributed by atoms with Crippen molar-refractivity contribution < 1.29 is 3.79 Å². The third kappa shape index (κ3) is 2.45. The average Bonchev–Trinajstić information content (AvgIpc) is 2.17. The van der Waals surface area contributed by atoms with Crippen LogP contribution in [0.3, 0.4) is 0 Å². The molecule has 0 radical (unpaired) electrons. The minimum absolute atomic E-state index is 0.990. The summed E-state index contributed by atoms with van der Waals surface area (Å²) in [4.78, 5) is 0. The van der Waals surface area contributed by atoms with Gasteiger partial charge in [0, 0.05) is 6.61 Å². The fraction of sp³-hybridized carbons (Fsp3) is 0.538. The number of aryl methyl sites for hydroxylation is 3. The van der Waals surface area contributed by atoms with Gasteiger partial charge in [-0.25, -0.2) is 0 Å². The van der Waals surface area contributed by atoms with E-state index in [9.17, 15) is 0 Å². The molecule has 0 atom stereocenters. The van der Waals surface area contributed by atoms with Crippen molar-refractivity contribution in [3.63, 3.8) is 0 Å². The molecule has 0 aromatic heterocycles. The lowest BCUT2D eigenvalue weighted by Crippen LogP contribution is -2.39. The summed E-state index contributed by atoms with van der Waals surface area (Å²) < 4.78 is 7.57. The molecule has 0 aliphatic carbocycles. The maximum atomic E-state index is 6.00. The summed E-state index contributed by atoms with van der Waals surface area (Å²) >= 11 is -1.08. The van der Waals surface area contributed by atoms with E-state index in [0.717, 1.165) is 6.61 Å². The molecule has 0 amide bonds. The summed E-state index contributed by atoms with van der Waals surface area (Å²) in [5, 5.41) is 1.32. The molecule has 1 aromatic rings. The summed E-state index contributed by atoms with van der Waals surface area (Å²) in [6.07, 6.45) is 2.62. The number of hydrogen-bond donors (Lipinski definition) is 0. The average molecular weight is 218 g/mol. The second kappa shape index (κ2) is 4.70. The van der Waals surface area contributed by atoms with E-state index < -0.39 is 14.5 Å². The van der Waals surface area contributed by atoms with E-state index in [1.165, 1.54) is 34.8 Å². The van der Waals surface area contributed by atoms with Crippen LogP contribution in [0.5, 0.6) is 0 Å². The Hall–Kier alpha value is -0.288. The first-order valence-corrected chi connectivity index (χ1v) is 7.74. The quantitative estimate of drug-likeness (QED) is 0.658. The molecular weight excluding hydrogens is 199 g/mol. The van der Waals surface area contributed by atoms with Gasteiger partial charge in [0.05, 0.1) is 0 Å². The SMILES string of the molecule is Cc1cc(C)[c]([Al]2[CH2]CCC[O]2)c(C)c1.